The highest BCUT2D eigenvalue weighted by atomic mass is 19.4. The highest BCUT2D eigenvalue weighted by Gasteiger charge is 2.57. The second kappa shape index (κ2) is 8.21. The molecule has 12 heteroatoms. The minimum atomic E-state index is -5.83. The van der Waals surface area contributed by atoms with Gasteiger partial charge in [0.2, 0.25) is 11.8 Å². The first kappa shape index (κ1) is 22.4. The fourth-order valence-electron chi connectivity index (χ4n) is 2.55. The lowest BCUT2D eigenvalue weighted by molar-refractivity contribution is -0.278. The van der Waals surface area contributed by atoms with E-state index in [1.54, 1.807) is 24.3 Å². The number of nitrogens with zero attached hydrogens (tertiary/aromatic N) is 1. The topological polar surface area (TPSA) is 87.7 Å². The van der Waals surface area contributed by atoms with Gasteiger partial charge < -0.3 is 20.3 Å². The number of nitrogens with one attached hydrogen (secondary N) is 2. The Morgan fingerprint density at radius 3 is 2.38 bits per heavy atom. The van der Waals surface area contributed by atoms with E-state index in [1.807, 2.05) is 0 Å². The van der Waals surface area contributed by atoms with Gasteiger partial charge in [-0.2, -0.15) is 22.0 Å². The third kappa shape index (κ3) is 5.12. The summed E-state index contributed by atoms with van der Waals surface area (Å²) in [7, 11) is 1.45. The molecule has 3 amide bonds. The summed E-state index contributed by atoms with van der Waals surface area (Å²) >= 11 is 0. The van der Waals surface area contributed by atoms with Gasteiger partial charge in [-0.15, -0.1) is 0 Å². The number of alkyl halides is 5. The Morgan fingerprint density at radius 2 is 1.76 bits per heavy atom. The monoisotopic (exact) mass is 423 g/mol. The van der Waals surface area contributed by atoms with Crippen LogP contribution < -0.4 is 20.3 Å². The third-order valence-electron chi connectivity index (χ3n) is 4.17. The number of hydrogen-bond donors (Lipinski definition) is 2. The Balaban J connectivity index is 1.98. The highest BCUT2D eigenvalue weighted by Crippen LogP contribution is 2.34. The number of likely N-dealkylation sites (N-methyl/N-ethyl adjacent to an activating group) is 1. The summed E-state index contributed by atoms with van der Waals surface area (Å²) in [5, 5.41) is 3.62. The third-order valence-corrected chi connectivity index (χ3v) is 4.17. The second-order valence-electron chi connectivity index (χ2n) is 6.39. The zero-order chi connectivity index (χ0) is 22.0. The molecule has 1 heterocycles. The van der Waals surface area contributed by atoms with E-state index >= 15 is 0 Å². The fourth-order valence-corrected chi connectivity index (χ4v) is 2.55. The molecule has 0 aromatic heterocycles. The first-order valence-electron chi connectivity index (χ1n) is 8.37. The average Bonchev–Trinajstić information content (AvgIpc) is 2.70. The van der Waals surface area contributed by atoms with Crippen molar-refractivity contribution in [1.29, 1.82) is 0 Å². The van der Waals surface area contributed by atoms with Gasteiger partial charge >= 0.3 is 12.1 Å². The van der Waals surface area contributed by atoms with Crippen molar-refractivity contribution in [3.05, 3.63) is 24.3 Å². The number of benzene rings is 1. The SMILES string of the molecule is C[C@H]1Oc2ccccc2N(C)C(=O)[C@H]1NC(=O)CC(=O)NCC(F)(F)C(F)(F)F. The molecule has 1 aliphatic heterocycles. The lowest BCUT2D eigenvalue weighted by Crippen LogP contribution is -2.54. The minimum absolute atomic E-state index is 0.389. The summed E-state index contributed by atoms with van der Waals surface area (Å²) in [6.07, 6.45) is -7.71. The maximum Gasteiger partial charge on any atom is 0.455 e. The lowest BCUT2D eigenvalue weighted by Gasteiger charge is -2.24. The molecule has 2 rings (SSSR count). The summed E-state index contributed by atoms with van der Waals surface area (Å²) < 4.78 is 67.6. The number of para-hydroxylation sites is 2. The van der Waals surface area contributed by atoms with Crippen molar-refractivity contribution < 1.29 is 41.1 Å². The molecule has 1 aliphatic rings. The number of ether oxygens (including phenoxy) is 1. The number of fused-ring (bicyclic) bond motifs is 1. The molecule has 1 aromatic carbocycles. The van der Waals surface area contributed by atoms with Gasteiger partial charge in [0.1, 0.15) is 24.3 Å². The summed E-state index contributed by atoms with van der Waals surface area (Å²) in [5.74, 6) is -7.68. The van der Waals surface area contributed by atoms with Crippen LogP contribution >= 0.6 is 0 Å². The van der Waals surface area contributed by atoms with Crippen molar-refractivity contribution in [3.8, 4) is 5.75 Å². The molecular formula is C17H18F5N3O4. The maximum atomic E-state index is 12.8. The number of halogens is 5. The van der Waals surface area contributed by atoms with Crippen LogP contribution in [0.3, 0.4) is 0 Å². The Bertz CT molecular complexity index is 800. The number of amides is 3. The number of rotatable bonds is 5. The summed E-state index contributed by atoms with van der Waals surface area (Å²) in [6, 6.07) is 5.40. The number of hydrogen-bond acceptors (Lipinski definition) is 4. The van der Waals surface area contributed by atoms with Crippen LogP contribution in [0.4, 0.5) is 27.6 Å². The molecule has 0 spiro atoms. The summed E-state index contributed by atoms with van der Waals surface area (Å²) in [5.41, 5.74) is 0.452. The van der Waals surface area contributed by atoms with E-state index in [1.165, 1.54) is 24.2 Å². The molecule has 29 heavy (non-hydrogen) atoms. The highest BCUT2D eigenvalue weighted by molar-refractivity contribution is 6.03. The van der Waals surface area contributed by atoms with Crippen molar-refractivity contribution in [3.63, 3.8) is 0 Å². The maximum absolute atomic E-state index is 12.8. The van der Waals surface area contributed by atoms with Gasteiger partial charge in [0.05, 0.1) is 12.2 Å². The Hall–Kier alpha value is -2.92. The van der Waals surface area contributed by atoms with Gasteiger partial charge in [-0.25, -0.2) is 0 Å². The van der Waals surface area contributed by atoms with E-state index < -0.39 is 54.9 Å². The molecule has 0 saturated heterocycles. The van der Waals surface area contributed by atoms with E-state index in [0.29, 0.717) is 11.4 Å². The fraction of sp³-hybridized carbons (Fsp3) is 0.471. The zero-order valence-corrected chi connectivity index (χ0v) is 15.3. The zero-order valence-electron chi connectivity index (χ0n) is 15.3. The molecule has 0 radical (unpaired) electrons. The predicted molar refractivity (Wildman–Crippen MR) is 90.5 cm³/mol. The van der Waals surface area contributed by atoms with Crippen molar-refractivity contribution in [1.82, 2.24) is 10.6 Å². The predicted octanol–water partition coefficient (Wildman–Crippen LogP) is 1.62. The number of carbonyl (C=O) groups excluding carboxylic acids is 3. The smallest absolute Gasteiger partial charge is 0.455 e. The Kier molecular flexibility index (Phi) is 6.34. The van der Waals surface area contributed by atoms with Crippen LogP contribution in [0.25, 0.3) is 0 Å². The first-order valence-corrected chi connectivity index (χ1v) is 8.37. The summed E-state index contributed by atoms with van der Waals surface area (Å²) in [4.78, 5) is 37.4. The molecule has 160 valence electrons. The van der Waals surface area contributed by atoms with E-state index in [4.69, 9.17) is 4.74 Å². The van der Waals surface area contributed by atoms with Gasteiger partial charge in [-0.3, -0.25) is 14.4 Å². The van der Waals surface area contributed by atoms with Gasteiger partial charge in [-0.1, -0.05) is 12.1 Å². The average molecular weight is 423 g/mol. The van der Waals surface area contributed by atoms with Crippen molar-refractivity contribution in [2.45, 2.75) is 37.6 Å². The van der Waals surface area contributed by atoms with E-state index in [0.717, 1.165) is 0 Å². The first-order chi connectivity index (χ1) is 13.3. The summed E-state index contributed by atoms with van der Waals surface area (Å²) in [6.45, 7) is -0.495. The molecule has 0 unspecified atom stereocenters. The van der Waals surface area contributed by atoms with Crippen LogP contribution in [0, 0.1) is 0 Å². The molecule has 0 fully saturated rings. The van der Waals surface area contributed by atoms with Crippen LogP contribution in [0.1, 0.15) is 13.3 Å². The Morgan fingerprint density at radius 1 is 1.14 bits per heavy atom. The van der Waals surface area contributed by atoms with Gasteiger partial charge in [0, 0.05) is 7.05 Å². The molecular weight excluding hydrogens is 405 g/mol. The van der Waals surface area contributed by atoms with Crippen molar-refractivity contribution in [2.75, 3.05) is 18.5 Å². The molecule has 0 aliphatic carbocycles. The second-order valence-corrected chi connectivity index (χ2v) is 6.39. The van der Waals surface area contributed by atoms with Crippen LogP contribution in [-0.4, -0.2) is 55.6 Å². The van der Waals surface area contributed by atoms with Crippen molar-refractivity contribution >= 4 is 23.4 Å². The largest absolute Gasteiger partial charge is 0.486 e. The normalized spacial score (nSPS) is 19.7. The molecule has 2 atom stereocenters. The van der Waals surface area contributed by atoms with Gasteiger partial charge in [0.25, 0.3) is 5.91 Å². The molecule has 2 N–H and O–H groups in total. The van der Waals surface area contributed by atoms with E-state index in [-0.39, 0.29) is 0 Å². The van der Waals surface area contributed by atoms with Crippen LogP contribution in [0.15, 0.2) is 24.3 Å². The van der Waals surface area contributed by atoms with Crippen LogP contribution in [0.5, 0.6) is 5.75 Å². The quantitative estimate of drug-likeness (QED) is 0.557. The number of anilines is 1. The van der Waals surface area contributed by atoms with Crippen LogP contribution in [0.2, 0.25) is 0 Å². The molecule has 0 bridgehead atoms. The molecule has 7 nitrogen and oxygen atoms in total. The Labute approximate surface area is 162 Å². The molecule has 1 aromatic rings. The van der Waals surface area contributed by atoms with Gasteiger partial charge in [0.15, 0.2) is 0 Å². The molecule has 0 saturated carbocycles. The van der Waals surface area contributed by atoms with E-state index in [9.17, 15) is 36.3 Å². The minimum Gasteiger partial charge on any atom is -0.486 e. The van der Waals surface area contributed by atoms with Gasteiger partial charge in [-0.05, 0) is 19.1 Å². The lowest BCUT2D eigenvalue weighted by atomic mass is 10.1. The number of carbonyl (C=O) groups is 3. The van der Waals surface area contributed by atoms with E-state index in [2.05, 4.69) is 5.32 Å². The standard InChI is InChI=1S/C17H18F5N3O4/c1-9-14(15(28)25(2)10-5-3-4-6-11(10)29-9)24-13(27)7-12(26)23-8-16(18,19)17(20,21)22/h3-6,9,14H,7-8H2,1-2H3,(H,23,26)(H,24,27)/t9-,14+/m1/s1. The van der Waals surface area contributed by atoms with Crippen molar-refractivity contribution in [2.24, 2.45) is 0 Å². The van der Waals surface area contributed by atoms with Crippen LogP contribution in [-0.2, 0) is 14.4 Å².